The van der Waals surface area contributed by atoms with Crippen molar-refractivity contribution in [2.24, 2.45) is 7.05 Å². The number of rotatable bonds is 5. The third-order valence-electron chi connectivity index (χ3n) is 4.03. The Bertz CT molecular complexity index is 772. The number of anilines is 2. The van der Waals surface area contributed by atoms with Crippen molar-refractivity contribution >= 4 is 17.5 Å². The summed E-state index contributed by atoms with van der Waals surface area (Å²) >= 11 is 0. The largest absolute Gasteiger partial charge is 0.472 e. The minimum Gasteiger partial charge on any atom is -0.472 e. The second-order valence-electron chi connectivity index (χ2n) is 6.08. The fourth-order valence-electron chi connectivity index (χ4n) is 2.74. The number of aromatic nitrogens is 4. The molecule has 0 spiro atoms. The van der Waals surface area contributed by atoms with Gasteiger partial charge in [0.2, 0.25) is 17.7 Å². The monoisotopic (exact) mass is 342 g/mol. The van der Waals surface area contributed by atoms with E-state index in [1.807, 2.05) is 20.2 Å². The first-order valence-corrected chi connectivity index (χ1v) is 8.22. The van der Waals surface area contributed by atoms with Crippen molar-refractivity contribution in [3.05, 3.63) is 36.8 Å². The first kappa shape index (κ1) is 16.9. The lowest BCUT2D eigenvalue weighted by atomic mass is 10.1. The van der Waals surface area contributed by atoms with Gasteiger partial charge in [0.05, 0.1) is 18.4 Å². The van der Waals surface area contributed by atoms with Gasteiger partial charge in [-0.1, -0.05) is 6.58 Å². The van der Waals surface area contributed by atoms with Crippen molar-refractivity contribution in [3.63, 3.8) is 0 Å². The summed E-state index contributed by atoms with van der Waals surface area (Å²) in [5, 5.41) is 7.20. The van der Waals surface area contributed by atoms with Gasteiger partial charge in [-0.2, -0.15) is 10.1 Å². The van der Waals surface area contributed by atoms with E-state index in [4.69, 9.17) is 4.74 Å². The predicted molar refractivity (Wildman–Crippen MR) is 93.7 cm³/mol. The molecular weight excluding hydrogens is 320 g/mol. The molecule has 1 saturated heterocycles. The molecule has 3 heterocycles. The number of ether oxygens (including phenoxy) is 1. The highest BCUT2D eigenvalue weighted by Crippen LogP contribution is 2.22. The zero-order valence-electron chi connectivity index (χ0n) is 14.5. The van der Waals surface area contributed by atoms with E-state index in [-0.39, 0.29) is 12.0 Å². The van der Waals surface area contributed by atoms with Crippen molar-refractivity contribution in [1.82, 2.24) is 24.6 Å². The molecular formula is C17H22N6O2. The molecule has 0 aliphatic carbocycles. The normalized spacial score (nSPS) is 17.2. The predicted octanol–water partition coefficient (Wildman–Crippen LogP) is 1.82. The molecule has 0 aromatic carbocycles. The second-order valence-corrected chi connectivity index (χ2v) is 6.08. The van der Waals surface area contributed by atoms with Crippen molar-refractivity contribution in [2.45, 2.75) is 25.9 Å². The summed E-state index contributed by atoms with van der Waals surface area (Å²) in [5.41, 5.74) is 1.65. The van der Waals surface area contributed by atoms with Gasteiger partial charge in [-0.15, -0.1) is 0 Å². The molecule has 1 amide bonds. The second kappa shape index (κ2) is 7.33. The first-order chi connectivity index (χ1) is 12.0. The molecule has 0 radical (unpaired) electrons. The lowest BCUT2D eigenvalue weighted by molar-refractivity contribution is -0.128. The summed E-state index contributed by atoms with van der Waals surface area (Å²) in [5.74, 6) is 0.911. The van der Waals surface area contributed by atoms with Crippen LogP contribution < -0.4 is 10.1 Å². The van der Waals surface area contributed by atoms with E-state index in [0.717, 1.165) is 30.6 Å². The van der Waals surface area contributed by atoms with Gasteiger partial charge in [0, 0.05) is 31.5 Å². The van der Waals surface area contributed by atoms with Gasteiger partial charge >= 0.3 is 0 Å². The maximum Gasteiger partial charge on any atom is 0.246 e. The fourth-order valence-corrected chi connectivity index (χ4v) is 2.74. The van der Waals surface area contributed by atoms with Gasteiger partial charge in [-0.3, -0.25) is 9.48 Å². The minimum absolute atomic E-state index is 0.0633. The fraction of sp³-hybridized carbons (Fsp3) is 0.412. The number of aryl methyl sites for hydroxylation is 2. The van der Waals surface area contributed by atoms with E-state index >= 15 is 0 Å². The molecule has 8 nitrogen and oxygen atoms in total. The minimum atomic E-state index is -0.0857. The average molecular weight is 342 g/mol. The number of hydrogen-bond donors (Lipinski definition) is 1. The number of amides is 1. The Morgan fingerprint density at radius 3 is 3.04 bits per heavy atom. The van der Waals surface area contributed by atoms with Crippen LogP contribution in [-0.2, 0) is 11.8 Å². The summed E-state index contributed by atoms with van der Waals surface area (Å²) in [4.78, 5) is 22.3. The Labute approximate surface area is 146 Å². The summed E-state index contributed by atoms with van der Waals surface area (Å²) < 4.78 is 7.75. The zero-order valence-corrected chi connectivity index (χ0v) is 14.5. The molecule has 0 bridgehead atoms. The van der Waals surface area contributed by atoms with Crippen LogP contribution in [-0.4, -0.2) is 49.7 Å². The number of hydrogen-bond acceptors (Lipinski definition) is 6. The number of likely N-dealkylation sites (tertiary alicyclic amines) is 1. The molecule has 1 unspecified atom stereocenters. The number of piperidine rings is 1. The average Bonchev–Trinajstić information content (AvgIpc) is 3.02. The highest BCUT2D eigenvalue weighted by Gasteiger charge is 2.24. The van der Waals surface area contributed by atoms with Gasteiger partial charge in [0.1, 0.15) is 6.10 Å². The molecule has 25 heavy (non-hydrogen) atoms. The molecule has 0 saturated carbocycles. The molecule has 3 rings (SSSR count). The Balaban J connectivity index is 1.70. The zero-order chi connectivity index (χ0) is 17.8. The van der Waals surface area contributed by atoms with Crippen LogP contribution >= 0.6 is 0 Å². The van der Waals surface area contributed by atoms with Crippen LogP contribution in [0.25, 0.3) is 0 Å². The third-order valence-corrected chi connectivity index (χ3v) is 4.03. The van der Waals surface area contributed by atoms with Gasteiger partial charge < -0.3 is 15.0 Å². The van der Waals surface area contributed by atoms with Crippen LogP contribution in [0.2, 0.25) is 0 Å². The van der Waals surface area contributed by atoms with Crippen molar-refractivity contribution < 1.29 is 9.53 Å². The van der Waals surface area contributed by atoms with Crippen LogP contribution in [0.15, 0.2) is 31.2 Å². The van der Waals surface area contributed by atoms with Gasteiger partial charge in [-0.25, -0.2) is 4.98 Å². The van der Waals surface area contributed by atoms with Gasteiger partial charge in [-0.05, 0) is 25.8 Å². The molecule has 1 aliphatic rings. The third kappa shape index (κ3) is 4.14. The van der Waals surface area contributed by atoms with E-state index in [1.54, 1.807) is 22.0 Å². The number of carbonyl (C=O) groups is 1. The topological polar surface area (TPSA) is 85.2 Å². The van der Waals surface area contributed by atoms with E-state index in [1.165, 1.54) is 6.08 Å². The van der Waals surface area contributed by atoms with Crippen LogP contribution in [0.4, 0.5) is 11.6 Å². The van der Waals surface area contributed by atoms with Crippen molar-refractivity contribution in [1.29, 1.82) is 0 Å². The quantitative estimate of drug-likeness (QED) is 0.834. The molecule has 1 fully saturated rings. The highest BCUT2D eigenvalue weighted by molar-refractivity contribution is 5.87. The molecule has 1 atom stereocenters. The number of nitrogens with one attached hydrogen (secondary N) is 1. The lowest BCUT2D eigenvalue weighted by Crippen LogP contribution is -2.43. The standard InChI is InChI=1S/C17H22N6O2/c1-4-15(24)23-7-5-6-14(11-23)25-16-12(2)8-18-17(21-16)20-13-9-19-22(3)10-13/h4,8-10,14H,1,5-7,11H2,2-3H3,(H,18,20,21). The first-order valence-electron chi connectivity index (χ1n) is 8.22. The molecule has 1 aliphatic heterocycles. The van der Waals surface area contributed by atoms with Crippen LogP contribution in [0, 0.1) is 6.92 Å². The number of carbonyl (C=O) groups excluding carboxylic acids is 1. The van der Waals surface area contributed by atoms with Crippen LogP contribution in [0.5, 0.6) is 5.88 Å². The number of nitrogens with zero attached hydrogens (tertiary/aromatic N) is 5. The maximum absolute atomic E-state index is 11.8. The van der Waals surface area contributed by atoms with Crippen molar-refractivity contribution in [3.8, 4) is 5.88 Å². The van der Waals surface area contributed by atoms with E-state index < -0.39 is 0 Å². The van der Waals surface area contributed by atoms with Crippen LogP contribution in [0.1, 0.15) is 18.4 Å². The Morgan fingerprint density at radius 2 is 2.32 bits per heavy atom. The molecule has 1 N–H and O–H groups in total. The maximum atomic E-state index is 11.8. The summed E-state index contributed by atoms with van der Waals surface area (Å²) in [6.45, 7) is 6.72. The van der Waals surface area contributed by atoms with E-state index in [2.05, 4.69) is 27.0 Å². The molecule has 8 heteroatoms. The SMILES string of the molecule is C=CC(=O)N1CCCC(Oc2nc(Nc3cnn(C)c3)ncc2C)C1. The Kier molecular flexibility index (Phi) is 4.97. The van der Waals surface area contributed by atoms with E-state index in [9.17, 15) is 4.79 Å². The molecule has 132 valence electrons. The van der Waals surface area contributed by atoms with Crippen LogP contribution in [0.3, 0.4) is 0 Å². The Hall–Kier alpha value is -2.90. The van der Waals surface area contributed by atoms with Gasteiger partial charge in [0.25, 0.3) is 0 Å². The summed E-state index contributed by atoms with van der Waals surface area (Å²) in [6, 6.07) is 0. The molecule has 2 aromatic rings. The summed E-state index contributed by atoms with van der Waals surface area (Å²) in [6.07, 6.45) is 8.29. The Morgan fingerprint density at radius 1 is 1.48 bits per heavy atom. The van der Waals surface area contributed by atoms with E-state index in [0.29, 0.717) is 18.4 Å². The molecule has 2 aromatic heterocycles. The highest BCUT2D eigenvalue weighted by atomic mass is 16.5. The smallest absolute Gasteiger partial charge is 0.246 e. The van der Waals surface area contributed by atoms with Crippen molar-refractivity contribution in [2.75, 3.05) is 18.4 Å². The lowest BCUT2D eigenvalue weighted by Gasteiger charge is -2.32. The van der Waals surface area contributed by atoms with Gasteiger partial charge in [0.15, 0.2) is 0 Å². The summed E-state index contributed by atoms with van der Waals surface area (Å²) in [7, 11) is 1.84.